The molecule has 1 unspecified atom stereocenters. The van der Waals surface area contributed by atoms with Crippen LogP contribution in [0.2, 0.25) is 0 Å². The van der Waals surface area contributed by atoms with Gasteiger partial charge in [-0.2, -0.15) is 0 Å². The average Bonchev–Trinajstić information content (AvgIpc) is 2.46. The highest BCUT2D eigenvalue weighted by atomic mass is 19.4. The van der Waals surface area contributed by atoms with Crippen LogP contribution >= 0.6 is 0 Å². The van der Waals surface area contributed by atoms with E-state index in [1.165, 1.54) is 18.5 Å². The Hall–Kier alpha value is -2.15. The Morgan fingerprint density at radius 1 is 1.19 bits per heavy atom. The summed E-state index contributed by atoms with van der Waals surface area (Å²) in [5.41, 5.74) is 1.70. The number of rotatable bonds is 5. The Bertz CT molecular complexity index is 558. The van der Waals surface area contributed by atoms with Gasteiger partial charge in [0.05, 0.1) is 11.7 Å². The van der Waals surface area contributed by atoms with Gasteiger partial charge in [0.15, 0.2) is 0 Å². The highest BCUT2D eigenvalue weighted by Gasteiger charge is 2.30. The number of halogens is 3. The quantitative estimate of drug-likeness (QED) is 0.922. The van der Waals surface area contributed by atoms with E-state index in [0.717, 1.165) is 11.3 Å². The van der Waals surface area contributed by atoms with E-state index in [1.807, 2.05) is 0 Å². The van der Waals surface area contributed by atoms with Crippen molar-refractivity contribution in [2.24, 2.45) is 0 Å². The lowest BCUT2D eigenvalue weighted by molar-refractivity contribution is -0.274. The van der Waals surface area contributed by atoms with E-state index in [1.54, 1.807) is 31.4 Å². The van der Waals surface area contributed by atoms with Crippen LogP contribution in [0, 0.1) is 0 Å². The van der Waals surface area contributed by atoms with Crippen molar-refractivity contribution in [3.8, 4) is 5.75 Å². The monoisotopic (exact) mass is 297 g/mol. The molecular formula is C14H14F3N3O. The van der Waals surface area contributed by atoms with Crippen molar-refractivity contribution in [3.05, 3.63) is 54.1 Å². The Morgan fingerprint density at radius 2 is 1.90 bits per heavy atom. The van der Waals surface area contributed by atoms with Gasteiger partial charge in [-0.15, -0.1) is 13.2 Å². The number of likely N-dealkylation sites (N-methyl/N-ethyl adjacent to an activating group) is 1. The van der Waals surface area contributed by atoms with Crippen LogP contribution < -0.4 is 10.1 Å². The molecule has 0 aliphatic heterocycles. The fraction of sp³-hybridized carbons (Fsp3) is 0.286. The molecule has 4 nitrogen and oxygen atoms in total. The number of nitrogens with zero attached hydrogens (tertiary/aromatic N) is 2. The first-order valence-corrected chi connectivity index (χ1v) is 6.26. The Labute approximate surface area is 120 Å². The molecule has 1 aromatic heterocycles. The molecule has 2 rings (SSSR count). The number of benzene rings is 1. The summed E-state index contributed by atoms with van der Waals surface area (Å²) in [4.78, 5) is 8.02. The maximum Gasteiger partial charge on any atom is 0.573 e. The Morgan fingerprint density at radius 3 is 2.43 bits per heavy atom. The maximum absolute atomic E-state index is 12.1. The van der Waals surface area contributed by atoms with Crippen LogP contribution in [0.25, 0.3) is 0 Å². The summed E-state index contributed by atoms with van der Waals surface area (Å²) in [5.74, 6) is -0.228. The van der Waals surface area contributed by atoms with Crippen LogP contribution in [0.1, 0.15) is 17.3 Å². The van der Waals surface area contributed by atoms with E-state index < -0.39 is 6.36 Å². The van der Waals surface area contributed by atoms with Gasteiger partial charge in [0.2, 0.25) is 0 Å². The second-order valence-electron chi connectivity index (χ2n) is 4.37. The SMILES string of the molecule is CNC(Cc1ccc(OC(F)(F)F)cc1)c1ccncn1. The zero-order chi connectivity index (χ0) is 15.3. The van der Waals surface area contributed by atoms with E-state index in [4.69, 9.17) is 0 Å². The fourth-order valence-electron chi connectivity index (χ4n) is 1.92. The lowest BCUT2D eigenvalue weighted by Gasteiger charge is -2.16. The van der Waals surface area contributed by atoms with Crippen molar-refractivity contribution in [2.75, 3.05) is 7.05 Å². The summed E-state index contributed by atoms with van der Waals surface area (Å²) in [6, 6.07) is 7.56. The number of hydrogen-bond acceptors (Lipinski definition) is 4. The van der Waals surface area contributed by atoms with Crippen LogP contribution in [-0.2, 0) is 6.42 Å². The van der Waals surface area contributed by atoms with Crippen molar-refractivity contribution in [3.63, 3.8) is 0 Å². The predicted octanol–water partition coefficient (Wildman–Crippen LogP) is 2.88. The molecule has 0 aliphatic carbocycles. The lowest BCUT2D eigenvalue weighted by atomic mass is 10.0. The zero-order valence-corrected chi connectivity index (χ0v) is 11.3. The van der Waals surface area contributed by atoms with Crippen molar-refractivity contribution < 1.29 is 17.9 Å². The molecule has 0 amide bonds. The number of ether oxygens (including phenoxy) is 1. The molecule has 0 saturated heterocycles. The molecule has 2 aromatic rings. The number of nitrogens with one attached hydrogen (secondary N) is 1. The summed E-state index contributed by atoms with van der Waals surface area (Å²) < 4.78 is 40.1. The third-order valence-electron chi connectivity index (χ3n) is 2.91. The summed E-state index contributed by atoms with van der Waals surface area (Å²) in [5, 5.41) is 3.12. The summed E-state index contributed by atoms with van der Waals surface area (Å²) in [6.07, 6.45) is -0.970. The molecule has 1 aromatic carbocycles. The van der Waals surface area contributed by atoms with E-state index in [9.17, 15) is 13.2 Å². The predicted molar refractivity (Wildman–Crippen MR) is 70.7 cm³/mol. The smallest absolute Gasteiger partial charge is 0.406 e. The van der Waals surface area contributed by atoms with Gasteiger partial charge < -0.3 is 10.1 Å². The molecule has 0 saturated carbocycles. The van der Waals surface area contributed by atoms with E-state index in [0.29, 0.717) is 6.42 Å². The third-order valence-corrected chi connectivity index (χ3v) is 2.91. The average molecular weight is 297 g/mol. The van der Waals surface area contributed by atoms with Gasteiger partial charge in [-0.3, -0.25) is 0 Å². The maximum atomic E-state index is 12.1. The van der Waals surface area contributed by atoms with Gasteiger partial charge in [-0.1, -0.05) is 12.1 Å². The first-order valence-electron chi connectivity index (χ1n) is 6.26. The van der Waals surface area contributed by atoms with Crippen molar-refractivity contribution in [2.45, 2.75) is 18.8 Å². The van der Waals surface area contributed by atoms with E-state index in [-0.39, 0.29) is 11.8 Å². The minimum absolute atomic E-state index is 0.0395. The molecule has 1 atom stereocenters. The van der Waals surface area contributed by atoms with Gasteiger partial charge in [0.1, 0.15) is 12.1 Å². The van der Waals surface area contributed by atoms with Crippen LogP contribution in [0.5, 0.6) is 5.75 Å². The molecule has 0 bridgehead atoms. The second-order valence-corrected chi connectivity index (χ2v) is 4.37. The molecule has 7 heteroatoms. The molecule has 21 heavy (non-hydrogen) atoms. The topological polar surface area (TPSA) is 47.0 Å². The largest absolute Gasteiger partial charge is 0.573 e. The van der Waals surface area contributed by atoms with Crippen LogP contribution in [0.3, 0.4) is 0 Å². The van der Waals surface area contributed by atoms with Gasteiger partial charge in [-0.25, -0.2) is 9.97 Å². The van der Waals surface area contributed by atoms with Gasteiger partial charge >= 0.3 is 6.36 Å². The Balaban J connectivity index is 2.05. The standard InChI is InChI=1S/C14H14F3N3O/c1-18-13(12-6-7-19-9-20-12)8-10-2-4-11(5-3-10)21-14(15,16)17/h2-7,9,13,18H,8H2,1H3. The third kappa shape index (κ3) is 4.71. The first-order chi connectivity index (χ1) is 9.98. The van der Waals surface area contributed by atoms with Crippen molar-refractivity contribution >= 4 is 0 Å². The van der Waals surface area contributed by atoms with Gasteiger partial charge in [-0.05, 0) is 37.2 Å². The summed E-state index contributed by atoms with van der Waals surface area (Å²) >= 11 is 0. The molecule has 1 N–H and O–H groups in total. The Kier molecular flexibility index (Phi) is 4.74. The number of hydrogen-bond donors (Lipinski definition) is 1. The fourth-order valence-corrected chi connectivity index (χ4v) is 1.92. The lowest BCUT2D eigenvalue weighted by Crippen LogP contribution is -2.20. The van der Waals surface area contributed by atoms with Gasteiger partial charge in [0, 0.05) is 6.20 Å². The number of alkyl halides is 3. The zero-order valence-electron chi connectivity index (χ0n) is 11.3. The van der Waals surface area contributed by atoms with E-state index >= 15 is 0 Å². The summed E-state index contributed by atoms with van der Waals surface area (Å²) in [7, 11) is 1.80. The molecule has 0 aliphatic rings. The molecule has 0 spiro atoms. The highest BCUT2D eigenvalue weighted by molar-refractivity contribution is 5.28. The van der Waals surface area contributed by atoms with Crippen LogP contribution in [-0.4, -0.2) is 23.4 Å². The minimum atomic E-state index is -4.67. The normalized spacial score (nSPS) is 13.0. The van der Waals surface area contributed by atoms with Crippen LogP contribution in [0.15, 0.2) is 42.9 Å². The molecule has 0 fully saturated rings. The van der Waals surface area contributed by atoms with Crippen molar-refractivity contribution in [1.82, 2.24) is 15.3 Å². The van der Waals surface area contributed by atoms with E-state index in [2.05, 4.69) is 20.0 Å². The molecule has 1 heterocycles. The molecule has 0 radical (unpaired) electrons. The summed E-state index contributed by atoms with van der Waals surface area (Å²) in [6.45, 7) is 0. The first kappa shape index (κ1) is 15.2. The highest BCUT2D eigenvalue weighted by Crippen LogP contribution is 2.24. The van der Waals surface area contributed by atoms with Crippen LogP contribution in [0.4, 0.5) is 13.2 Å². The van der Waals surface area contributed by atoms with Gasteiger partial charge in [0.25, 0.3) is 0 Å². The molecule has 112 valence electrons. The minimum Gasteiger partial charge on any atom is -0.406 e. The second kappa shape index (κ2) is 6.53. The number of aromatic nitrogens is 2. The van der Waals surface area contributed by atoms with Crippen molar-refractivity contribution in [1.29, 1.82) is 0 Å². The molecular weight excluding hydrogens is 283 g/mol.